The third-order valence-corrected chi connectivity index (χ3v) is 4.47. The minimum absolute atomic E-state index is 0.00695. The predicted octanol–water partition coefficient (Wildman–Crippen LogP) is 3.62. The lowest BCUT2D eigenvalue weighted by molar-refractivity contribution is -0.156. The molecule has 1 N–H and O–H groups in total. The fourth-order valence-corrected chi connectivity index (χ4v) is 2.78. The maximum atomic E-state index is 12.1. The lowest BCUT2D eigenvalue weighted by Gasteiger charge is -2.24. The monoisotopic (exact) mass is 395 g/mol. The van der Waals surface area contributed by atoms with Crippen molar-refractivity contribution in [3.05, 3.63) is 52.0 Å². The van der Waals surface area contributed by atoms with Crippen LogP contribution in [-0.4, -0.2) is 31.2 Å². The Bertz CT molecular complexity index is 855. The van der Waals surface area contributed by atoms with E-state index in [1.54, 1.807) is 43.3 Å². The molecule has 0 bridgehead atoms. The topological polar surface area (TPSA) is 73.9 Å². The van der Waals surface area contributed by atoms with Crippen LogP contribution in [0.1, 0.15) is 5.56 Å². The number of para-hydroxylation sites is 2. The van der Waals surface area contributed by atoms with Crippen molar-refractivity contribution >= 4 is 40.8 Å². The highest BCUT2D eigenvalue weighted by Gasteiger charge is 2.29. The zero-order valence-electron chi connectivity index (χ0n) is 13.8. The van der Waals surface area contributed by atoms with Crippen LogP contribution < -0.4 is 14.8 Å². The molecule has 2 aromatic carbocycles. The van der Waals surface area contributed by atoms with E-state index in [2.05, 4.69) is 5.32 Å². The summed E-state index contributed by atoms with van der Waals surface area (Å²) in [4.78, 5) is 24.1. The van der Waals surface area contributed by atoms with Crippen molar-refractivity contribution in [1.82, 2.24) is 0 Å². The summed E-state index contributed by atoms with van der Waals surface area (Å²) in [6.45, 7) is 1.29. The number of aryl methyl sites for hydroxylation is 1. The zero-order valence-corrected chi connectivity index (χ0v) is 15.3. The molecule has 0 saturated heterocycles. The number of esters is 1. The molecule has 0 unspecified atom stereocenters. The van der Waals surface area contributed by atoms with Gasteiger partial charge in [-0.2, -0.15) is 0 Å². The number of hydrogen-bond acceptors (Lipinski definition) is 5. The van der Waals surface area contributed by atoms with Gasteiger partial charge >= 0.3 is 5.97 Å². The van der Waals surface area contributed by atoms with E-state index in [0.29, 0.717) is 21.5 Å². The third kappa shape index (κ3) is 4.03. The van der Waals surface area contributed by atoms with Crippen LogP contribution in [0.4, 0.5) is 5.69 Å². The lowest BCUT2D eigenvalue weighted by atomic mass is 10.2. The number of ether oxygens (including phenoxy) is 3. The number of fused-ring (bicyclic) bond motifs is 1. The quantitative estimate of drug-likeness (QED) is 0.800. The smallest absolute Gasteiger partial charge is 0.351 e. The molecule has 1 atom stereocenters. The number of hydrogen-bond donors (Lipinski definition) is 1. The largest absolute Gasteiger partial charge is 0.485 e. The normalized spacial score (nSPS) is 15.3. The third-order valence-electron chi connectivity index (χ3n) is 3.67. The number of amides is 1. The second-order valence-corrected chi connectivity index (χ2v) is 6.36. The predicted molar refractivity (Wildman–Crippen MR) is 97.1 cm³/mol. The highest BCUT2D eigenvalue weighted by atomic mass is 35.5. The summed E-state index contributed by atoms with van der Waals surface area (Å²) in [5.41, 5.74) is 1.04. The summed E-state index contributed by atoms with van der Waals surface area (Å²) < 4.78 is 16.0. The average molecular weight is 396 g/mol. The summed E-state index contributed by atoms with van der Waals surface area (Å²) in [6.07, 6.45) is -0.941. The molecule has 8 heteroatoms. The van der Waals surface area contributed by atoms with Crippen LogP contribution in [-0.2, 0) is 14.3 Å². The molecule has 0 radical (unpaired) electrons. The van der Waals surface area contributed by atoms with Gasteiger partial charge in [0, 0.05) is 0 Å². The Balaban J connectivity index is 1.55. The lowest BCUT2D eigenvalue weighted by Crippen LogP contribution is -2.39. The zero-order chi connectivity index (χ0) is 18.7. The van der Waals surface area contributed by atoms with Gasteiger partial charge in [0.05, 0.1) is 15.7 Å². The number of carbonyl (C=O) groups is 2. The molecular weight excluding hydrogens is 381 g/mol. The Kier molecular flexibility index (Phi) is 5.54. The minimum Gasteiger partial charge on any atom is -0.485 e. The summed E-state index contributed by atoms with van der Waals surface area (Å²) in [5.74, 6) is -0.262. The average Bonchev–Trinajstić information content (AvgIpc) is 2.66. The van der Waals surface area contributed by atoms with Crippen molar-refractivity contribution in [2.45, 2.75) is 13.0 Å². The van der Waals surface area contributed by atoms with Crippen molar-refractivity contribution < 1.29 is 23.8 Å². The molecular formula is C18H15Cl2NO5. The van der Waals surface area contributed by atoms with Crippen LogP contribution >= 0.6 is 23.2 Å². The molecule has 1 heterocycles. The fraction of sp³-hybridized carbons (Fsp3) is 0.222. The molecule has 1 aliphatic rings. The molecule has 3 rings (SSSR count). The van der Waals surface area contributed by atoms with Crippen molar-refractivity contribution in [2.24, 2.45) is 0 Å². The van der Waals surface area contributed by atoms with Gasteiger partial charge in [0.2, 0.25) is 6.10 Å². The van der Waals surface area contributed by atoms with Crippen LogP contribution in [0, 0.1) is 6.92 Å². The van der Waals surface area contributed by atoms with E-state index in [-0.39, 0.29) is 12.3 Å². The van der Waals surface area contributed by atoms with Crippen LogP contribution in [0.15, 0.2) is 36.4 Å². The van der Waals surface area contributed by atoms with Gasteiger partial charge in [-0.25, -0.2) is 4.79 Å². The number of nitrogens with one attached hydrogen (secondary N) is 1. The van der Waals surface area contributed by atoms with Crippen LogP contribution in [0.3, 0.4) is 0 Å². The Morgan fingerprint density at radius 3 is 2.69 bits per heavy atom. The molecule has 0 fully saturated rings. The minimum atomic E-state index is -0.941. The van der Waals surface area contributed by atoms with Crippen LogP contribution in [0.2, 0.25) is 10.0 Å². The highest BCUT2D eigenvalue weighted by molar-refractivity contribution is 6.40. The number of benzene rings is 2. The molecule has 0 saturated carbocycles. The van der Waals surface area contributed by atoms with E-state index in [9.17, 15) is 9.59 Å². The molecule has 0 aromatic heterocycles. The number of rotatable bonds is 4. The summed E-state index contributed by atoms with van der Waals surface area (Å²) >= 11 is 12.2. The standard InChI is InChI=1S/C18H15Cl2NO5/c1-10-6-7-11(19)17(16(10)20)21-15(22)9-25-18(23)14-8-24-12-4-2-3-5-13(12)26-14/h2-7,14H,8-9H2,1H3,(H,21,22)/t14-/m0/s1. The van der Waals surface area contributed by atoms with Crippen molar-refractivity contribution in [2.75, 3.05) is 18.5 Å². The molecule has 1 aliphatic heterocycles. The fourth-order valence-electron chi connectivity index (χ4n) is 2.31. The molecule has 0 spiro atoms. The van der Waals surface area contributed by atoms with Crippen molar-refractivity contribution in [3.63, 3.8) is 0 Å². The van der Waals surface area contributed by atoms with Gasteiger partial charge in [0.1, 0.15) is 6.61 Å². The molecule has 1 amide bonds. The Morgan fingerprint density at radius 2 is 1.92 bits per heavy atom. The molecule has 136 valence electrons. The Hall–Kier alpha value is -2.44. The van der Waals surface area contributed by atoms with Crippen molar-refractivity contribution in [3.8, 4) is 11.5 Å². The SMILES string of the molecule is Cc1ccc(Cl)c(NC(=O)COC(=O)[C@@H]2COc3ccccc3O2)c1Cl. The summed E-state index contributed by atoms with van der Waals surface area (Å²) in [6, 6.07) is 10.3. The summed E-state index contributed by atoms with van der Waals surface area (Å²) in [7, 11) is 0. The van der Waals surface area contributed by atoms with Crippen LogP contribution in [0.25, 0.3) is 0 Å². The first-order valence-electron chi connectivity index (χ1n) is 7.75. The molecule has 6 nitrogen and oxygen atoms in total. The second kappa shape index (κ2) is 7.85. The first-order valence-corrected chi connectivity index (χ1v) is 8.51. The number of anilines is 1. The van der Waals surface area contributed by atoms with E-state index in [1.165, 1.54) is 0 Å². The highest BCUT2D eigenvalue weighted by Crippen LogP contribution is 2.33. The van der Waals surface area contributed by atoms with Crippen LogP contribution in [0.5, 0.6) is 11.5 Å². The number of carbonyl (C=O) groups excluding carboxylic acids is 2. The first kappa shape index (κ1) is 18.4. The second-order valence-electron chi connectivity index (χ2n) is 5.57. The Morgan fingerprint density at radius 1 is 1.19 bits per heavy atom. The number of halogens is 2. The van der Waals surface area contributed by atoms with E-state index in [0.717, 1.165) is 5.56 Å². The van der Waals surface area contributed by atoms with E-state index in [4.69, 9.17) is 37.4 Å². The van der Waals surface area contributed by atoms with Gasteiger partial charge in [0.25, 0.3) is 5.91 Å². The van der Waals surface area contributed by atoms with Gasteiger partial charge in [0.15, 0.2) is 18.1 Å². The van der Waals surface area contributed by atoms with Crippen molar-refractivity contribution in [1.29, 1.82) is 0 Å². The maximum Gasteiger partial charge on any atom is 0.351 e. The maximum absolute atomic E-state index is 12.1. The molecule has 2 aromatic rings. The Labute approximate surface area is 159 Å². The summed E-state index contributed by atoms with van der Waals surface area (Å²) in [5, 5.41) is 3.16. The molecule has 26 heavy (non-hydrogen) atoms. The van der Waals surface area contributed by atoms with Gasteiger partial charge in [-0.3, -0.25) is 4.79 Å². The molecule has 0 aliphatic carbocycles. The van der Waals surface area contributed by atoms with E-state index in [1.807, 2.05) is 0 Å². The van der Waals surface area contributed by atoms with Gasteiger partial charge in [-0.15, -0.1) is 0 Å². The first-order chi connectivity index (χ1) is 12.5. The van der Waals surface area contributed by atoms with E-state index < -0.39 is 24.6 Å². The van der Waals surface area contributed by atoms with Gasteiger partial charge < -0.3 is 19.5 Å². The van der Waals surface area contributed by atoms with Gasteiger partial charge in [-0.1, -0.05) is 41.4 Å². The van der Waals surface area contributed by atoms with Gasteiger partial charge in [-0.05, 0) is 30.7 Å². The van der Waals surface area contributed by atoms with E-state index >= 15 is 0 Å².